The van der Waals surface area contributed by atoms with E-state index in [1.165, 1.54) is 12.1 Å². The molecule has 116 valence electrons. The second-order valence-electron chi connectivity index (χ2n) is 5.05. The molecule has 5 nitrogen and oxygen atoms in total. The van der Waals surface area contributed by atoms with Crippen LogP contribution in [0.5, 0.6) is 0 Å². The highest BCUT2D eigenvalue weighted by Gasteiger charge is 2.13. The molecule has 0 spiro atoms. The first-order chi connectivity index (χ1) is 10.2. The van der Waals surface area contributed by atoms with Gasteiger partial charge >= 0.3 is 0 Å². The van der Waals surface area contributed by atoms with E-state index < -0.39 is 0 Å². The monoisotopic (exact) mass is 295 g/mol. The molecule has 2 rings (SSSR count). The molecule has 1 aliphatic rings. The predicted octanol–water partition coefficient (Wildman–Crippen LogP) is 1.60. The van der Waals surface area contributed by atoms with Crippen LogP contribution in [-0.4, -0.2) is 45.8 Å². The largest absolute Gasteiger partial charge is 0.378 e. The van der Waals surface area contributed by atoms with Crippen LogP contribution in [0.3, 0.4) is 0 Å². The Labute approximate surface area is 124 Å². The molecule has 1 saturated heterocycles. The van der Waals surface area contributed by atoms with E-state index >= 15 is 0 Å². The highest BCUT2D eigenvalue weighted by Crippen LogP contribution is 2.23. The minimum Gasteiger partial charge on any atom is -0.378 e. The SMILES string of the molecule is CNCCCC(=O)Nc1cc(F)cc(N2CCOCC2)c1. The molecule has 0 radical (unpaired) electrons. The van der Waals surface area contributed by atoms with Crippen LogP contribution in [0.1, 0.15) is 12.8 Å². The number of nitrogens with zero attached hydrogens (tertiary/aromatic N) is 1. The fourth-order valence-corrected chi connectivity index (χ4v) is 2.30. The number of ether oxygens (including phenoxy) is 1. The number of rotatable bonds is 6. The third kappa shape index (κ3) is 4.99. The average Bonchev–Trinajstić information content (AvgIpc) is 2.48. The smallest absolute Gasteiger partial charge is 0.224 e. The van der Waals surface area contributed by atoms with Gasteiger partial charge in [0.15, 0.2) is 0 Å². The molecule has 0 unspecified atom stereocenters. The van der Waals surface area contributed by atoms with E-state index in [1.54, 1.807) is 0 Å². The summed E-state index contributed by atoms with van der Waals surface area (Å²) in [6.07, 6.45) is 1.18. The Balaban J connectivity index is 1.99. The number of hydrogen-bond acceptors (Lipinski definition) is 4. The van der Waals surface area contributed by atoms with E-state index in [1.807, 2.05) is 13.1 Å². The topological polar surface area (TPSA) is 53.6 Å². The van der Waals surface area contributed by atoms with Crippen molar-refractivity contribution < 1.29 is 13.9 Å². The van der Waals surface area contributed by atoms with E-state index in [2.05, 4.69) is 15.5 Å². The summed E-state index contributed by atoms with van der Waals surface area (Å²) in [7, 11) is 1.85. The third-order valence-electron chi connectivity index (χ3n) is 3.37. The Morgan fingerprint density at radius 2 is 2.10 bits per heavy atom. The maximum absolute atomic E-state index is 13.7. The Hall–Kier alpha value is -1.66. The lowest BCUT2D eigenvalue weighted by Gasteiger charge is -2.29. The zero-order chi connectivity index (χ0) is 15.1. The van der Waals surface area contributed by atoms with E-state index in [4.69, 9.17) is 4.74 Å². The first-order valence-corrected chi connectivity index (χ1v) is 7.27. The average molecular weight is 295 g/mol. The molecular weight excluding hydrogens is 273 g/mol. The molecule has 0 aliphatic carbocycles. The van der Waals surface area contributed by atoms with Gasteiger partial charge in [-0.25, -0.2) is 4.39 Å². The van der Waals surface area contributed by atoms with Gasteiger partial charge in [0.1, 0.15) is 5.82 Å². The van der Waals surface area contributed by atoms with Crippen LogP contribution < -0.4 is 15.5 Å². The summed E-state index contributed by atoms with van der Waals surface area (Å²) < 4.78 is 19.0. The van der Waals surface area contributed by atoms with Gasteiger partial charge in [0.25, 0.3) is 0 Å². The quantitative estimate of drug-likeness (QED) is 0.783. The number of morpholine rings is 1. The third-order valence-corrected chi connectivity index (χ3v) is 3.37. The molecule has 1 aliphatic heterocycles. The van der Waals surface area contributed by atoms with Crippen molar-refractivity contribution in [3.05, 3.63) is 24.0 Å². The molecule has 0 aromatic heterocycles. The predicted molar refractivity (Wildman–Crippen MR) is 81.2 cm³/mol. The number of carbonyl (C=O) groups excluding carboxylic acids is 1. The molecule has 21 heavy (non-hydrogen) atoms. The summed E-state index contributed by atoms with van der Waals surface area (Å²) in [4.78, 5) is 13.8. The van der Waals surface area contributed by atoms with Crippen molar-refractivity contribution in [3.63, 3.8) is 0 Å². The molecule has 0 atom stereocenters. The summed E-state index contributed by atoms with van der Waals surface area (Å²) in [6.45, 7) is 3.54. The zero-order valence-corrected chi connectivity index (χ0v) is 12.3. The highest BCUT2D eigenvalue weighted by molar-refractivity contribution is 5.91. The first kappa shape index (κ1) is 15.7. The number of anilines is 2. The normalized spacial score (nSPS) is 15.0. The van der Waals surface area contributed by atoms with Crippen LogP contribution >= 0.6 is 0 Å². The van der Waals surface area contributed by atoms with Crippen molar-refractivity contribution in [1.82, 2.24) is 5.32 Å². The van der Waals surface area contributed by atoms with Gasteiger partial charge in [0, 0.05) is 30.9 Å². The van der Waals surface area contributed by atoms with E-state index in [0.29, 0.717) is 25.3 Å². The molecule has 0 saturated carbocycles. The van der Waals surface area contributed by atoms with Gasteiger partial charge in [-0.3, -0.25) is 4.79 Å². The molecule has 1 fully saturated rings. The minimum atomic E-state index is -0.343. The Morgan fingerprint density at radius 3 is 2.81 bits per heavy atom. The summed E-state index contributed by atoms with van der Waals surface area (Å²) in [5.74, 6) is -0.437. The van der Waals surface area contributed by atoms with Gasteiger partial charge < -0.3 is 20.3 Å². The van der Waals surface area contributed by atoms with Crippen LogP contribution in [0.15, 0.2) is 18.2 Å². The highest BCUT2D eigenvalue weighted by atomic mass is 19.1. The van der Waals surface area contributed by atoms with Gasteiger partial charge in [0.05, 0.1) is 13.2 Å². The number of benzene rings is 1. The van der Waals surface area contributed by atoms with Crippen molar-refractivity contribution in [2.24, 2.45) is 0 Å². The van der Waals surface area contributed by atoms with Crippen LogP contribution in [-0.2, 0) is 9.53 Å². The summed E-state index contributed by atoms with van der Waals surface area (Å²) in [6, 6.07) is 4.65. The van der Waals surface area contributed by atoms with Crippen LogP contribution in [0, 0.1) is 5.82 Å². The number of nitrogens with one attached hydrogen (secondary N) is 2. The van der Waals surface area contributed by atoms with Gasteiger partial charge in [-0.05, 0) is 38.2 Å². The summed E-state index contributed by atoms with van der Waals surface area (Å²) in [5.41, 5.74) is 1.29. The molecule has 6 heteroatoms. The maximum Gasteiger partial charge on any atom is 0.224 e. The molecule has 0 bridgehead atoms. The number of halogens is 1. The maximum atomic E-state index is 13.7. The molecule has 1 aromatic rings. The van der Waals surface area contributed by atoms with Crippen LogP contribution in [0.25, 0.3) is 0 Å². The summed E-state index contributed by atoms with van der Waals surface area (Å²) >= 11 is 0. The lowest BCUT2D eigenvalue weighted by Crippen LogP contribution is -2.36. The second-order valence-corrected chi connectivity index (χ2v) is 5.05. The zero-order valence-electron chi connectivity index (χ0n) is 12.3. The van der Waals surface area contributed by atoms with Crippen molar-refractivity contribution in [3.8, 4) is 0 Å². The minimum absolute atomic E-state index is 0.0937. The second kappa shape index (κ2) is 7.95. The lowest BCUT2D eigenvalue weighted by atomic mass is 10.2. The van der Waals surface area contributed by atoms with Gasteiger partial charge in [-0.1, -0.05) is 0 Å². The standard InChI is InChI=1S/C15H22FN3O2/c1-17-4-2-3-15(20)18-13-9-12(16)10-14(11-13)19-5-7-21-8-6-19/h9-11,17H,2-8H2,1H3,(H,18,20). The molecule has 1 heterocycles. The molecular formula is C15H22FN3O2. The van der Waals surface area contributed by atoms with Crippen molar-refractivity contribution in [1.29, 1.82) is 0 Å². The first-order valence-electron chi connectivity index (χ1n) is 7.27. The number of carbonyl (C=O) groups is 1. The summed E-state index contributed by atoms with van der Waals surface area (Å²) in [5, 5.41) is 5.75. The van der Waals surface area contributed by atoms with Crippen molar-refractivity contribution in [2.75, 3.05) is 50.1 Å². The lowest BCUT2D eigenvalue weighted by molar-refractivity contribution is -0.116. The van der Waals surface area contributed by atoms with Gasteiger partial charge in [-0.15, -0.1) is 0 Å². The number of amides is 1. The van der Waals surface area contributed by atoms with Crippen molar-refractivity contribution >= 4 is 17.3 Å². The fourth-order valence-electron chi connectivity index (χ4n) is 2.30. The molecule has 1 aromatic carbocycles. The number of hydrogen-bond donors (Lipinski definition) is 2. The Morgan fingerprint density at radius 1 is 1.33 bits per heavy atom. The van der Waals surface area contributed by atoms with E-state index in [9.17, 15) is 9.18 Å². The van der Waals surface area contributed by atoms with Crippen LogP contribution in [0.2, 0.25) is 0 Å². The molecule has 1 amide bonds. The van der Waals surface area contributed by atoms with Crippen LogP contribution in [0.4, 0.5) is 15.8 Å². The van der Waals surface area contributed by atoms with Gasteiger partial charge in [0.2, 0.25) is 5.91 Å². The van der Waals surface area contributed by atoms with E-state index in [0.717, 1.165) is 31.7 Å². The fraction of sp³-hybridized carbons (Fsp3) is 0.533. The Kier molecular flexibility index (Phi) is 5.95. The molecule has 2 N–H and O–H groups in total. The van der Waals surface area contributed by atoms with Crippen molar-refractivity contribution in [2.45, 2.75) is 12.8 Å². The Bertz CT molecular complexity index is 476. The van der Waals surface area contributed by atoms with E-state index in [-0.39, 0.29) is 11.7 Å². The van der Waals surface area contributed by atoms with Gasteiger partial charge in [-0.2, -0.15) is 0 Å².